The largest absolute Gasteiger partial charge is 0.377 e. The number of ether oxygens (including phenoxy) is 1. The number of likely N-dealkylation sites (tertiary alicyclic amines) is 1. The summed E-state index contributed by atoms with van der Waals surface area (Å²) >= 11 is 0. The van der Waals surface area contributed by atoms with Gasteiger partial charge in [-0.1, -0.05) is 0 Å². The molecule has 0 radical (unpaired) electrons. The van der Waals surface area contributed by atoms with Crippen molar-refractivity contribution in [3.05, 3.63) is 0 Å². The lowest BCUT2D eigenvalue weighted by molar-refractivity contribution is -0.0203. The van der Waals surface area contributed by atoms with E-state index in [1.807, 2.05) is 27.8 Å². The van der Waals surface area contributed by atoms with Crippen molar-refractivity contribution in [1.29, 1.82) is 0 Å². The summed E-state index contributed by atoms with van der Waals surface area (Å²) in [6, 6.07) is 0. The molecule has 78 valence electrons. The Morgan fingerprint density at radius 3 is 2.62 bits per heavy atom. The lowest BCUT2D eigenvalue weighted by Gasteiger charge is -2.34. The van der Waals surface area contributed by atoms with Crippen molar-refractivity contribution < 1.29 is 9.13 Å². The summed E-state index contributed by atoms with van der Waals surface area (Å²) in [4.78, 5) is 2.06. The minimum atomic E-state index is -0.753. The Balaban J connectivity index is 2.52. The maximum atomic E-state index is 13.6. The SMILES string of the molecule is CC(C)OCC1(C)C(F)CCN1C. The van der Waals surface area contributed by atoms with Gasteiger partial charge in [-0.15, -0.1) is 0 Å². The normalized spacial score (nSPS) is 36.0. The molecule has 0 aromatic rings. The van der Waals surface area contributed by atoms with Gasteiger partial charge in [0.05, 0.1) is 18.2 Å². The highest BCUT2D eigenvalue weighted by Gasteiger charge is 2.43. The monoisotopic (exact) mass is 189 g/mol. The Kier molecular flexibility index (Phi) is 3.30. The molecule has 2 atom stereocenters. The van der Waals surface area contributed by atoms with Crippen molar-refractivity contribution in [1.82, 2.24) is 4.90 Å². The van der Waals surface area contributed by atoms with E-state index < -0.39 is 11.7 Å². The zero-order chi connectivity index (χ0) is 10.1. The van der Waals surface area contributed by atoms with Gasteiger partial charge in [0.15, 0.2) is 0 Å². The van der Waals surface area contributed by atoms with Crippen LogP contribution in [0.3, 0.4) is 0 Å². The van der Waals surface area contributed by atoms with Gasteiger partial charge in [0, 0.05) is 6.54 Å². The summed E-state index contributed by atoms with van der Waals surface area (Å²) in [5, 5.41) is 0. The van der Waals surface area contributed by atoms with E-state index in [0.29, 0.717) is 13.0 Å². The first-order chi connectivity index (χ1) is 5.97. The second-order valence-corrected chi connectivity index (χ2v) is 4.39. The van der Waals surface area contributed by atoms with Gasteiger partial charge < -0.3 is 4.74 Å². The van der Waals surface area contributed by atoms with Crippen molar-refractivity contribution in [2.45, 2.75) is 45.0 Å². The Morgan fingerprint density at radius 2 is 2.23 bits per heavy atom. The summed E-state index contributed by atoms with van der Waals surface area (Å²) in [6.45, 7) is 7.21. The number of hydrogen-bond donors (Lipinski definition) is 0. The summed E-state index contributed by atoms with van der Waals surface area (Å²) in [7, 11) is 1.96. The van der Waals surface area contributed by atoms with Gasteiger partial charge in [0.1, 0.15) is 6.17 Å². The molecule has 0 spiro atoms. The van der Waals surface area contributed by atoms with E-state index in [9.17, 15) is 4.39 Å². The summed E-state index contributed by atoms with van der Waals surface area (Å²) in [6.07, 6.45) is 0.0586. The standard InChI is InChI=1S/C10H20FNO/c1-8(2)13-7-10(3)9(11)5-6-12(10)4/h8-9H,5-7H2,1-4H3. The second kappa shape index (κ2) is 3.93. The van der Waals surface area contributed by atoms with Crippen LogP contribution >= 0.6 is 0 Å². The third-order valence-corrected chi connectivity index (χ3v) is 2.97. The quantitative estimate of drug-likeness (QED) is 0.671. The van der Waals surface area contributed by atoms with E-state index in [4.69, 9.17) is 4.74 Å². The fourth-order valence-corrected chi connectivity index (χ4v) is 1.65. The van der Waals surface area contributed by atoms with Crippen molar-refractivity contribution in [3.8, 4) is 0 Å². The van der Waals surface area contributed by atoms with Gasteiger partial charge >= 0.3 is 0 Å². The summed E-state index contributed by atoms with van der Waals surface area (Å²) < 4.78 is 19.0. The molecule has 2 unspecified atom stereocenters. The van der Waals surface area contributed by atoms with Crippen LogP contribution in [0.2, 0.25) is 0 Å². The van der Waals surface area contributed by atoms with Crippen LogP contribution in [0.1, 0.15) is 27.2 Å². The van der Waals surface area contributed by atoms with Crippen LogP contribution in [-0.2, 0) is 4.74 Å². The van der Waals surface area contributed by atoms with Gasteiger partial charge in [-0.05, 0) is 34.2 Å². The zero-order valence-corrected chi connectivity index (χ0v) is 9.01. The van der Waals surface area contributed by atoms with Crippen molar-refractivity contribution in [2.75, 3.05) is 20.2 Å². The number of rotatable bonds is 3. The molecule has 0 aromatic heterocycles. The average molecular weight is 189 g/mol. The molecule has 0 aliphatic carbocycles. The number of halogens is 1. The first-order valence-corrected chi connectivity index (χ1v) is 4.93. The van der Waals surface area contributed by atoms with E-state index in [0.717, 1.165) is 6.54 Å². The molecule has 1 heterocycles. The fraction of sp³-hybridized carbons (Fsp3) is 1.00. The topological polar surface area (TPSA) is 12.5 Å². The predicted octanol–water partition coefficient (Wildman–Crippen LogP) is 1.84. The van der Waals surface area contributed by atoms with Gasteiger partial charge in [0.25, 0.3) is 0 Å². The molecule has 3 heteroatoms. The van der Waals surface area contributed by atoms with E-state index in [1.54, 1.807) is 0 Å². The third-order valence-electron chi connectivity index (χ3n) is 2.97. The minimum absolute atomic E-state index is 0.179. The molecule has 0 amide bonds. The zero-order valence-electron chi connectivity index (χ0n) is 9.01. The predicted molar refractivity (Wildman–Crippen MR) is 51.6 cm³/mol. The Hall–Kier alpha value is -0.150. The smallest absolute Gasteiger partial charge is 0.122 e. The Morgan fingerprint density at radius 1 is 1.62 bits per heavy atom. The molecule has 0 N–H and O–H groups in total. The molecule has 0 bridgehead atoms. The van der Waals surface area contributed by atoms with Crippen LogP contribution < -0.4 is 0 Å². The maximum Gasteiger partial charge on any atom is 0.122 e. The lowest BCUT2D eigenvalue weighted by Crippen LogP contribution is -2.48. The maximum absolute atomic E-state index is 13.6. The molecule has 1 aliphatic heterocycles. The van der Waals surface area contributed by atoms with Crippen LogP contribution in [0.5, 0.6) is 0 Å². The van der Waals surface area contributed by atoms with Crippen molar-refractivity contribution >= 4 is 0 Å². The number of alkyl halides is 1. The van der Waals surface area contributed by atoms with Crippen molar-refractivity contribution in [3.63, 3.8) is 0 Å². The lowest BCUT2D eigenvalue weighted by atomic mass is 9.98. The molecule has 1 fully saturated rings. The highest BCUT2D eigenvalue weighted by Crippen LogP contribution is 2.30. The van der Waals surface area contributed by atoms with Crippen LogP contribution in [0.4, 0.5) is 4.39 Å². The van der Waals surface area contributed by atoms with E-state index in [-0.39, 0.29) is 6.10 Å². The Bertz CT molecular complexity index is 162. The van der Waals surface area contributed by atoms with E-state index in [1.165, 1.54) is 0 Å². The highest BCUT2D eigenvalue weighted by atomic mass is 19.1. The summed E-state index contributed by atoms with van der Waals surface area (Å²) in [5.74, 6) is 0. The molecular formula is C10H20FNO. The van der Waals surface area contributed by atoms with Crippen LogP contribution in [0.15, 0.2) is 0 Å². The van der Waals surface area contributed by atoms with Gasteiger partial charge in [-0.2, -0.15) is 0 Å². The van der Waals surface area contributed by atoms with Crippen molar-refractivity contribution in [2.24, 2.45) is 0 Å². The Labute approximate surface area is 80.1 Å². The molecule has 2 nitrogen and oxygen atoms in total. The fourth-order valence-electron chi connectivity index (χ4n) is 1.65. The van der Waals surface area contributed by atoms with Gasteiger partial charge in [0.2, 0.25) is 0 Å². The number of nitrogens with zero attached hydrogens (tertiary/aromatic N) is 1. The molecule has 1 rings (SSSR count). The second-order valence-electron chi connectivity index (χ2n) is 4.39. The highest BCUT2D eigenvalue weighted by molar-refractivity contribution is 4.97. The first kappa shape index (κ1) is 10.9. The molecule has 1 aliphatic rings. The molecule has 1 saturated heterocycles. The third kappa shape index (κ3) is 2.20. The van der Waals surface area contributed by atoms with Crippen LogP contribution in [-0.4, -0.2) is 42.9 Å². The molecule has 0 aromatic carbocycles. The first-order valence-electron chi connectivity index (χ1n) is 4.93. The van der Waals surface area contributed by atoms with Gasteiger partial charge in [-0.3, -0.25) is 4.90 Å². The number of hydrogen-bond acceptors (Lipinski definition) is 2. The molecule has 0 saturated carbocycles. The average Bonchev–Trinajstić information content (AvgIpc) is 2.31. The van der Waals surface area contributed by atoms with E-state index >= 15 is 0 Å². The van der Waals surface area contributed by atoms with Crippen LogP contribution in [0, 0.1) is 0 Å². The van der Waals surface area contributed by atoms with E-state index in [2.05, 4.69) is 4.90 Å². The van der Waals surface area contributed by atoms with Gasteiger partial charge in [-0.25, -0.2) is 4.39 Å². The molecule has 13 heavy (non-hydrogen) atoms. The molecular weight excluding hydrogens is 169 g/mol. The minimum Gasteiger partial charge on any atom is -0.377 e. The number of likely N-dealkylation sites (N-methyl/N-ethyl adjacent to an activating group) is 1. The van der Waals surface area contributed by atoms with Crippen LogP contribution in [0.25, 0.3) is 0 Å². The summed E-state index contributed by atoms with van der Waals surface area (Å²) in [5.41, 5.74) is -0.412.